The van der Waals surface area contributed by atoms with E-state index in [-0.39, 0.29) is 11.6 Å². The average Bonchev–Trinajstić information content (AvgIpc) is 2.25. The molecule has 0 atom stereocenters. The summed E-state index contributed by atoms with van der Waals surface area (Å²) in [5.74, 6) is -0.380. The number of hydrogen-bond donors (Lipinski definition) is 1. The Morgan fingerprint density at radius 3 is 2.00 bits per heavy atom. The van der Waals surface area contributed by atoms with Gasteiger partial charge in [-0.3, -0.25) is 0 Å². The van der Waals surface area contributed by atoms with Crippen LogP contribution in [0, 0.1) is 20.8 Å². The standard InChI is InChI=1S/C14H14F3N3/c1-7-4-8(2)12(9(3)5-7)10-6-11(14(15,16)17)20-13(18)19-10/h4-6H,1-3H3,(H2,18,19,20). The Hall–Kier alpha value is -2.11. The smallest absolute Gasteiger partial charge is 0.368 e. The van der Waals surface area contributed by atoms with Crippen LogP contribution in [0.4, 0.5) is 19.1 Å². The van der Waals surface area contributed by atoms with Crippen molar-refractivity contribution in [2.75, 3.05) is 5.73 Å². The van der Waals surface area contributed by atoms with Crippen molar-refractivity contribution in [3.8, 4) is 11.3 Å². The minimum atomic E-state index is -4.54. The summed E-state index contributed by atoms with van der Waals surface area (Å²) in [6.07, 6.45) is -4.54. The van der Waals surface area contributed by atoms with Crippen molar-refractivity contribution < 1.29 is 13.2 Å². The molecule has 1 heterocycles. The summed E-state index contributed by atoms with van der Waals surface area (Å²) in [6.45, 7) is 5.60. The number of halogens is 3. The van der Waals surface area contributed by atoms with E-state index < -0.39 is 11.9 Å². The molecule has 2 aromatic rings. The molecular weight excluding hydrogens is 267 g/mol. The molecule has 0 saturated heterocycles. The summed E-state index contributed by atoms with van der Waals surface area (Å²) in [5, 5.41) is 0. The summed E-state index contributed by atoms with van der Waals surface area (Å²) >= 11 is 0. The molecule has 0 fully saturated rings. The summed E-state index contributed by atoms with van der Waals surface area (Å²) in [5.41, 5.74) is 7.98. The van der Waals surface area contributed by atoms with Gasteiger partial charge in [0.05, 0.1) is 5.69 Å². The molecule has 0 spiro atoms. The van der Waals surface area contributed by atoms with Crippen LogP contribution in [0.25, 0.3) is 11.3 Å². The zero-order valence-electron chi connectivity index (χ0n) is 11.3. The third kappa shape index (κ3) is 2.74. The normalized spacial score (nSPS) is 11.7. The predicted molar refractivity (Wildman–Crippen MR) is 71.1 cm³/mol. The molecule has 1 aromatic heterocycles. The molecule has 0 bridgehead atoms. The molecule has 2 rings (SSSR count). The van der Waals surface area contributed by atoms with E-state index in [4.69, 9.17) is 5.73 Å². The topological polar surface area (TPSA) is 51.8 Å². The van der Waals surface area contributed by atoms with Crippen LogP contribution in [0.2, 0.25) is 0 Å². The third-order valence-electron chi connectivity index (χ3n) is 2.97. The van der Waals surface area contributed by atoms with Crippen LogP contribution >= 0.6 is 0 Å². The van der Waals surface area contributed by atoms with Gasteiger partial charge in [-0.1, -0.05) is 17.7 Å². The van der Waals surface area contributed by atoms with Crippen LogP contribution in [0.3, 0.4) is 0 Å². The van der Waals surface area contributed by atoms with Gasteiger partial charge in [-0.15, -0.1) is 0 Å². The highest BCUT2D eigenvalue weighted by atomic mass is 19.4. The van der Waals surface area contributed by atoms with Gasteiger partial charge < -0.3 is 5.73 Å². The lowest BCUT2D eigenvalue weighted by Crippen LogP contribution is -2.11. The first-order chi connectivity index (χ1) is 9.18. The van der Waals surface area contributed by atoms with Crippen molar-refractivity contribution in [1.29, 1.82) is 0 Å². The molecule has 20 heavy (non-hydrogen) atoms. The first-order valence-electron chi connectivity index (χ1n) is 5.98. The van der Waals surface area contributed by atoms with Crippen molar-refractivity contribution in [2.24, 2.45) is 0 Å². The van der Waals surface area contributed by atoms with Gasteiger partial charge in [-0.05, 0) is 38.0 Å². The van der Waals surface area contributed by atoms with E-state index in [2.05, 4.69) is 9.97 Å². The van der Waals surface area contributed by atoms with Gasteiger partial charge in [-0.2, -0.15) is 13.2 Å². The Bertz CT molecular complexity index is 640. The lowest BCUT2D eigenvalue weighted by atomic mass is 9.97. The zero-order valence-corrected chi connectivity index (χ0v) is 11.3. The van der Waals surface area contributed by atoms with E-state index >= 15 is 0 Å². The second-order valence-corrected chi connectivity index (χ2v) is 4.77. The summed E-state index contributed by atoms with van der Waals surface area (Å²) < 4.78 is 38.3. The largest absolute Gasteiger partial charge is 0.433 e. The monoisotopic (exact) mass is 281 g/mol. The van der Waals surface area contributed by atoms with Crippen LogP contribution in [0.15, 0.2) is 18.2 Å². The first-order valence-corrected chi connectivity index (χ1v) is 5.98. The number of nitrogens with zero attached hydrogens (tertiary/aromatic N) is 2. The van der Waals surface area contributed by atoms with Gasteiger partial charge in [0, 0.05) is 5.56 Å². The zero-order chi connectivity index (χ0) is 15.1. The molecule has 0 amide bonds. The van der Waals surface area contributed by atoms with Gasteiger partial charge >= 0.3 is 6.18 Å². The van der Waals surface area contributed by atoms with Gasteiger partial charge in [0.1, 0.15) is 0 Å². The van der Waals surface area contributed by atoms with Crippen LogP contribution in [0.5, 0.6) is 0 Å². The van der Waals surface area contributed by atoms with E-state index in [1.165, 1.54) is 0 Å². The van der Waals surface area contributed by atoms with E-state index in [9.17, 15) is 13.2 Å². The van der Waals surface area contributed by atoms with Crippen molar-refractivity contribution >= 4 is 5.95 Å². The predicted octanol–water partition coefficient (Wildman–Crippen LogP) is 3.67. The maximum Gasteiger partial charge on any atom is 0.433 e. The number of hydrogen-bond acceptors (Lipinski definition) is 3. The second-order valence-electron chi connectivity index (χ2n) is 4.77. The minimum Gasteiger partial charge on any atom is -0.368 e. The van der Waals surface area contributed by atoms with Crippen molar-refractivity contribution in [3.63, 3.8) is 0 Å². The van der Waals surface area contributed by atoms with Crippen LogP contribution in [-0.4, -0.2) is 9.97 Å². The maximum atomic E-state index is 12.8. The molecule has 0 unspecified atom stereocenters. The average molecular weight is 281 g/mol. The van der Waals surface area contributed by atoms with E-state index in [1.807, 2.05) is 32.9 Å². The molecule has 106 valence electrons. The van der Waals surface area contributed by atoms with Crippen molar-refractivity contribution in [2.45, 2.75) is 26.9 Å². The number of benzene rings is 1. The molecule has 0 aliphatic carbocycles. The number of anilines is 1. The summed E-state index contributed by atoms with van der Waals surface area (Å²) in [7, 11) is 0. The lowest BCUT2D eigenvalue weighted by molar-refractivity contribution is -0.141. The summed E-state index contributed by atoms with van der Waals surface area (Å²) in [6, 6.07) is 4.73. The Morgan fingerprint density at radius 2 is 1.50 bits per heavy atom. The highest BCUT2D eigenvalue weighted by molar-refractivity contribution is 5.69. The van der Waals surface area contributed by atoms with Crippen LogP contribution < -0.4 is 5.73 Å². The number of nitrogens with two attached hydrogens (primary N) is 1. The van der Waals surface area contributed by atoms with E-state index in [1.54, 1.807) is 0 Å². The molecule has 2 N–H and O–H groups in total. The Kier molecular flexibility index (Phi) is 3.41. The first kappa shape index (κ1) is 14.3. The fourth-order valence-electron chi connectivity index (χ4n) is 2.32. The molecule has 3 nitrogen and oxygen atoms in total. The Labute approximate surface area is 114 Å². The molecule has 0 saturated carbocycles. The van der Waals surface area contributed by atoms with Crippen LogP contribution in [0.1, 0.15) is 22.4 Å². The fourth-order valence-corrected chi connectivity index (χ4v) is 2.32. The number of rotatable bonds is 1. The van der Waals surface area contributed by atoms with Gasteiger partial charge in [0.2, 0.25) is 5.95 Å². The van der Waals surface area contributed by atoms with Gasteiger partial charge in [0.25, 0.3) is 0 Å². The van der Waals surface area contributed by atoms with Crippen molar-refractivity contribution in [1.82, 2.24) is 9.97 Å². The summed E-state index contributed by atoms with van der Waals surface area (Å²) in [4.78, 5) is 7.18. The highest BCUT2D eigenvalue weighted by Crippen LogP contribution is 2.33. The molecular formula is C14H14F3N3. The van der Waals surface area contributed by atoms with Crippen LogP contribution in [-0.2, 0) is 6.18 Å². The number of aromatic nitrogens is 2. The molecule has 0 aliphatic heterocycles. The SMILES string of the molecule is Cc1cc(C)c(-c2cc(C(F)(F)F)nc(N)n2)c(C)c1. The van der Waals surface area contributed by atoms with E-state index in [0.717, 1.165) is 22.8 Å². The fraction of sp³-hybridized carbons (Fsp3) is 0.286. The molecule has 0 radical (unpaired) electrons. The Balaban J connectivity index is 2.68. The highest BCUT2D eigenvalue weighted by Gasteiger charge is 2.33. The van der Waals surface area contributed by atoms with E-state index in [0.29, 0.717) is 5.56 Å². The number of alkyl halides is 3. The Morgan fingerprint density at radius 1 is 0.950 bits per heavy atom. The van der Waals surface area contributed by atoms with Gasteiger partial charge in [0.15, 0.2) is 5.69 Å². The number of aryl methyl sites for hydroxylation is 3. The lowest BCUT2D eigenvalue weighted by Gasteiger charge is -2.13. The molecule has 1 aromatic carbocycles. The number of nitrogen functional groups attached to an aromatic ring is 1. The minimum absolute atomic E-state index is 0.194. The second kappa shape index (κ2) is 4.77. The maximum absolute atomic E-state index is 12.8. The quantitative estimate of drug-likeness (QED) is 0.867. The van der Waals surface area contributed by atoms with Gasteiger partial charge in [-0.25, -0.2) is 9.97 Å². The molecule has 6 heteroatoms. The third-order valence-corrected chi connectivity index (χ3v) is 2.97. The van der Waals surface area contributed by atoms with Crippen molar-refractivity contribution in [3.05, 3.63) is 40.6 Å². The molecule has 0 aliphatic rings.